The number of carbonyl (C=O) groups is 2. The largest absolute Gasteiger partial charge is 0.507 e. The Kier molecular flexibility index (Phi) is 7.51. The molecule has 2 aromatic rings. The van der Waals surface area contributed by atoms with Crippen LogP contribution in [0.1, 0.15) is 57.4 Å². The third kappa shape index (κ3) is 5.50. The van der Waals surface area contributed by atoms with Crippen LogP contribution < -0.4 is 4.74 Å². The quantitative estimate of drug-likeness (QED) is 0.364. The lowest BCUT2D eigenvalue weighted by Gasteiger charge is -2.27. The Morgan fingerprint density at radius 2 is 1.62 bits per heavy atom. The van der Waals surface area contributed by atoms with Gasteiger partial charge in [0.2, 0.25) is 0 Å². The monoisotopic (exact) mass is 464 g/mol. The normalized spacial score (nSPS) is 18.3. The summed E-state index contributed by atoms with van der Waals surface area (Å²) in [5.41, 5.74) is 2.52. The minimum Gasteiger partial charge on any atom is -0.507 e. The van der Waals surface area contributed by atoms with Crippen LogP contribution in [0.15, 0.2) is 54.1 Å². The van der Waals surface area contributed by atoms with Crippen molar-refractivity contribution in [3.8, 4) is 5.75 Å². The van der Waals surface area contributed by atoms with Crippen LogP contribution in [-0.2, 0) is 15.0 Å². The van der Waals surface area contributed by atoms with Gasteiger partial charge in [0.15, 0.2) is 0 Å². The van der Waals surface area contributed by atoms with E-state index in [1.165, 1.54) is 0 Å². The highest BCUT2D eigenvalue weighted by atomic mass is 16.5. The van der Waals surface area contributed by atoms with Gasteiger partial charge in [-0.25, -0.2) is 0 Å². The predicted octanol–water partition coefficient (Wildman–Crippen LogP) is 4.75. The van der Waals surface area contributed by atoms with Crippen molar-refractivity contribution in [2.75, 3.05) is 27.2 Å². The van der Waals surface area contributed by atoms with Crippen molar-refractivity contribution >= 4 is 17.4 Å². The molecule has 1 unspecified atom stereocenters. The highest BCUT2D eigenvalue weighted by molar-refractivity contribution is 6.46. The lowest BCUT2D eigenvalue weighted by atomic mass is 9.85. The Hall–Kier alpha value is -3.12. The molecule has 34 heavy (non-hydrogen) atoms. The summed E-state index contributed by atoms with van der Waals surface area (Å²) in [6.45, 7) is 11.3. The number of hydrogen-bond donors (Lipinski definition) is 1. The number of ketones is 1. The molecule has 3 rings (SSSR count). The number of aliphatic hydroxyl groups excluding tert-OH is 1. The van der Waals surface area contributed by atoms with Gasteiger partial charge < -0.3 is 19.6 Å². The highest BCUT2D eigenvalue weighted by Gasteiger charge is 2.45. The van der Waals surface area contributed by atoms with E-state index in [0.717, 1.165) is 11.1 Å². The number of likely N-dealkylation sites (N-methyl/N-ethyl adjacent to an activating group) is 1. The van der Waals surface area contributed by atoms with E-state index in [9.17, 15) is 14.7 Å². The second kappa shape index (κ2) is 10.0. The van der Waals surface area contributed by atoms with Crippen molar-refractivity contribution in [2.45, 2.75) is 52.2 Å². The van der Waals surface area contributed by atoms with Crippen LogP contribution in [0.4, 0.5) is 0 Å². The molecule has 1 saturated heterocycles. The topological polar surface area (TPSA) is 70.1 Å². The number of Topliss-reactive ketones (excluding diaryl/α,β-unsaturated/α-hetero) is 1. The molecule has 1 aliphatic heterocycles. The molecule has 0 aliphatic carbocycles. The van der Waals surface area contributed by atoms with Crippen molar-refractivity contribution in [2.24, 2.45) is 0 Å². The molecule has 0 bridgehead atoms. The molecule has 1 aliphatic rings. The number of hydrogen-bond acceptors (Lipinski definition) is 5. The molecule has 1 N–H and O–H groups in total. The minimum absolute atomic E-state index is 0.0228. The fourth-order valence-corrected chi connectivity index (χ4v) is 4.05. The molecule has 0 spiro atoms. The maximum absolute atomic E-state index is 13.2. The minimum atomic E-state index is -0.663. The second-order valence-corrected chi connectivity index (χ2v) is 10.4. The lowest BCUT2D eigenvalue weighted by Crippen LogP contribution is -2.35. The molecule has 2 aromatic carbocycles. The zero-order valence-corrected chi connectivity index (χ0v) is 21.3. The van der Waals surface area contributed by atoms with Crippen LogP contribution in [0.5, 0.6) is 5.75 Å². The number of carbonyl (C=O) groups excluding carboxylic acids is 2. The van der Waals surface area contributed by atoms with Crippen LogP contribution in [0.2, 0.25) is 0 Å². The van der Waals surface area contributed by atoms with Gasteiger partial charge in [0, 0.05) is 18.7 Å². The van der Waals surface area contributed by atoms with Gasteiger partial charge in [-0.3, -0.25) is 9.59 Å². The summed E-state index contributed by atoms with van der Waals surface area (Å²) >= 11 is 0. The van der Waals surface area contributed by atoms with Crippen LogP contribution in [0.25, 0.3) is 5.76 Å². The first-order valence-corrected chi connectivity index (χ1v) is 11.7. The van der Waals surface area contributed by atoms with Crippen molar-refractivity contribution < 1.29 is 19.4 Å². The molecule has 182 valence electrons. The van der Waals surface area contributed by atoms with Crippen molar-refractivity contribution in [3.05, 3.63) is 70.8 Å². The Bertz CT molecular complexity index is 1060. The van der Waals surface area contributed by atoms with Gasteiger partial charge in [0.05, 0.1) is 17.7 Å². The molecule has 6 nitrogen and oxygen atoms in total. The van der Waals surface area contributed by atoms with E-state index in [1.807, 2.05) is 57.1 Å². The molecule has 1 fully saturated rings. The Morgan fingerprint density at radius 1 is 1.03 bits per heavy atom. The molecule has 1 heterocycles. The summed E-state index contributed by atoms with van der Waals surface area (Å²) in [5.74, 6) is -0.754. The molecular weight excluding hydrogens is 428 g/mol. The van der Waals surface area contributed by atoms with Gasteiger partial charge in [-0.05, 0) is 68.8 Å². The van der Waals surface area contributed by atoms with E-state index >= 15 is 0 Å². The predicted molar refractivity (Wildman–Crippen MR) is 135 cm³/mol. The van der Waals surface area contributed by atoms with E-state index in [0.29, 0.717) is 24.4 Å². The lowest BCUT2D eigenvalue weighted by molar-refractivity contribution is -0.140. The third-order valence-corrected chi connectivity index (χ3v) is 5.92. The molecule has 6 heteroatoms. The summed E-state index contributed by atoms with van der Waals surface area (Å²) < 4.78 is 5.68. The molecule has 0 radical (unpaired) electrons. The van der Waals surface area contributed by atoms with Crippen LogP contribution in [-0.4, -0.2) is 59.9 Å². The van der Waals surface area contributed by atoms with Gasteiger partial charge in [-0.15, -0.1) is 0 Å². The highest BCUT2D eigenvalue weighted by Crippen LogP contribution is 2.40. The van der Waals surface area contributed by atoms with Crippen molar-refractivity contribution in [1.29, 1.82) is 0 Å². The molecule has 0 saturated carbocycles. The van der Waals surface area contributed by atoms with E-state index < -0.39 is 17.7 Å². The maximum Gasteiger partial charge on any atom is 0.295 e. The number of likely N-dealkylation sites (tertiary alicyclic amines) is 1. The fraction of sp³-hybridized carbons (Fsp3) is 0.429. The SMILES string of the molecule is CC(C)Oc1ccc(/C(O)=C2\C(=O)C(=O)N(CCN(C)C)C2c2ccc(C(C)(C)C)cc2)cc1. The maximum atomic E-state index is 13.2. The first-order chi connectivity index (χ1) is 15.9. The molecule has 1 atom stereocenters. The summed E-state index contributed by atoms with van der Waals surface area (Å²) in [6, 6.07) is 14.2. The smallest absolute Gasteiger partial charge is 0.295 e. The second-order valence-electron chi connectivity index (χ2n) is 10.4. The van der Waals surface area contributed by atoms with E-state index in [2.05, 4.69) is 20.8 Å². The summed E-state index contributed by atoms with van der Waals surface area (Å²) in [7, 11) is 3.84. The fourth-order valence-electron chi connectivity index (χ4n) is 4.05. The Balaban J connectivity index is 2.08. The van der Waals surface area contributed by atoms with E-state index in [4.69, 9.17) is 4.74 Å². The van der Waals surface area contributed by atoms with Crippen molar-refractivity contribution in [1.82, 2.24) is 9.80 Å². The van der Waals surface area contributed by atoms with Crippen LogP contribution in [0.3, 0.4) is 0 Å². The van der Waals surface area contributed by atoms with Gasteiger partial charge in [0.1, 0.15) is 11.5 Å². The number of nitrogens with zero attached hydrogens (tertiary/aromatic N) is 2. The summed E-state index contributed by atoms with van der Waals surface area (Å²) in [6.07, 6.45) is 0.0255. The van der Waals surface area contributed by atoms with E-state index in [1.54, 1.807) is 29.2 Å². The first kappa shape index (κ1) is 25.5. The van der Waals surface area contributed by atoms with Gasteiger partial charge in [-0.2, -0.15) is 0 Å². The van der Waals surface area contributed by atoms with Gasteiger partial charge in [-0.1, -0.05) is 45.0 Å². The summed E-state index contributed by atoms with van der Waals surface area (Å²) in [5, 5.41) is 11.2. The zero-order valence-electron chi connectivity index (χ0n) is 21.3. The molecule has 0 aromatic heterocycles. The number of rotatable bonds is 7. The standard InChI is InChI=1S/C28H36N2O4/c1-18(2)34-22-14-10-20(11-15-22)25(31)23-24(19-8-12-21(13-9-19)28(3,4)5)30(17-16-29(6)7)27(33)26(23)32/h8-15,18,24,31H,16-17H2,1-7H3/b25-23+. The Morgan fingerprint density at radius 3 is 2.12 bits per heavy atom. The van der Waals surface area contributed by atoms with Crippen molar-refractivity contribution in [3.63, 3.8) is 0 Å². The first-order valence-electron chi connectivity index (χ1n) is 11.7. The average Bonchev–Trinajstić information content (AvgIpc) is 3.01. The zero-order chi connectivity index (χ0) is 25.2. The van der Waals surface area contributed by atoms with Crippen LogP contribution >= 0.6 is 0 Å². The average molecular weight is 465 g/mol. The number of ether oxygens (including phenoxy) is 1. The third-order valence-electron chi connectivity index (χ3n) is 5.92. The Labute approximate surface area is 202 Å². The van der Waals surface area contributed by atoms with E-state index in [-0.39, 0.29) is 22.9 Å². The van der Waals surface area contributed by atoms with Gasteiger partial charge >= 0.3 is 0 Å². The number of amides is 1. The summed E-state index contributed by atoms with van der Waals surface area (Å²) in [4.78, 5) is 29.7. The molecule has 1 amide bonds. The van der Waals surface area contributed by atoms with Gasteiger partial charge in [0.25, 0.3) is 11.7 Å². The number of benzene rings is 2. The molecular formula is C28H36N2O4. The number of aliphatic hydroxyl groups is 1. The van der Waals surface area contributed by atoms with Crippen LogP contribution in [0, 0.1) is 0 Å².